The largest absolute Gasteiger partial charge is 0.494 e. The van der Waals surface area contributed by atoms with E-state index in [0.717, 1.165) is 28.1 Å². The number of rotatable bonds is 7. The molecular formula is C27H28N4O2. The second-order valence-corrected chi connectivity index (χ2v) is 8.22. The number of aromatic nitrogens is 3. The van der Waals surface area contributed by atoms with Gasteiger partial charge >= 0.3 is 0 Å². The molecule has 0 fully saturated rings. The summed E-state index contributed by atoms with van der Waals surface area (Å²) >= 11 is 0. The van der Waals surface area contributed by atoms with Crippen LogP contribution in [0, 0.1) is 6.92 Å². The van der Waals surface area contributed by atoms with Gasteiger partial charge in [0.2, 0.25) is 5.91 Å². The molecule has 0 radical (unpaired) electrons. The van der Waals surface area contributed by atoms with Gasteiger partial charge in [0, 0.05) is 11.8 Å². The highest BCUT2D eigenvalue weighted by Crippen LogP contribution is 2.23. The van der Waals surface area contributed by atoms with E-state index < -0.39 is 0 Å². The number of nitrogens with one attached hydrogen (secondary N) is 1. The molecule has 0 atom stereocenters. The van der Waals surface area contributed by atoms with Gasteiger partial charge < -0.3 is 10.1 Å². The number of carbonyl (C=O) groups is 1. The van der Waals surface area contributed by atoms with Gasteiger partial charge in [0.15, 0.2) is 0 Å². The fourth-order valence-corrected chi connectivity index (χ4v) is 3.50. The fraction of sp³-hybridized carbons (Fsp3) is 0.222. The molecule has 0 aliphatic heterocycles. The van der Waals surface area contributed by atoms with Crippen LogP contribution in [0.25, 0.3) is 22.8 Å². The number of amides is 1. The maximum Gasteiger partial charge on any atom is 0.248 e. The standard InChI is InChI=1S/C27H28N4O2/c1-5-33-23-13-11-22(12-14-23)31-29-25-16-19(4)24(17-26(25)30-31)28-27(32)15-8-20-6-9-21(10-7-20)18(2)3/h6-18H,5H2,1-4H3,(H,28,32). The zero-order valence-electron chi connectivity index (χ0n) is 19.4. The highest BCUT2D eigenvalue weighted by atomic mass is 16.5. The SMILES string of the molecule is CCOc1ccc(-n2nc3cc(C)c(NC(=O)C=Cc4ccc(C(C)C)cc4)cc3n2)cc1. The molecule has 4 aromatic rings. The second kappa shape index (κ2) is 9.69. The van der Waals surface area contributed by atoms with Crippen LogP contribution >= 0.6 is 0 Å². The third-order valence-corrected chi connectivity index (χ3v) is 5.39. The molecule has 1 N–H and O–H groups in total. The molecular weight excluding hydrogens is 412 g/mol. The van der Waals surface area contributed by atoms with E-state index in [1.165, 1.54) is 5.56 Å². The lowest BCUT2D eigenvalue weighted by Crippen LogP contribution is -2.08. The first-order chi connectivity index (χ1) is 15.9. The Hall–Kier alpha value is -3.93. The number of hydrogen-bond acceptors (Lipinski definition) is 4. The Labute approximate surface area is 193 Å². The van der Waals surface area contributed by atoms with Crippen molar-refractivity contribution in [3.8, 4) is 11.4 Å². The van der Waals surface area contributed by atoms with E-state index in [1.54, 1.807) is 10.9 Å². The molecule has 168 valence electrons. The Morgan fingerprint density at radius 1 is 1.03 bits per heavy atom. The average molecular weight is 441 g/mol. The second-order valence-electron chi connectivity index (χ2n) is 8.22. The van der Waals surface area contributed by atoms with Crippen LogP contribution in [0.4, 0.5) is 5.69 Å². The molecule has 1 aromatic heterocycles. The molecule has 0 aliphatic rings. The van der Waals surface area contributed by atoms with Gasteiger partial charge in [0.1, 0.15) is 16.8 Å². The monoisotopic (exact) mass is 440 g/mol. The van der Waals surface area contributed by atoms with Gasteiger partial charge in [-0.1, -0.05) is 38.1 Å². The molecule has 1 amide bonds. The number of carbonyl (C=O) groups excluding carboxylic acids is 1. The third kappa shape index (κ3) is 5.29. The molecule has 33 heavy (non-hydrogen) atoms. The first-order valence-electron chi connectivity index (χ1n) is 11.1. The molecule has 6 nitrogen and oxygen atoms in total. The van der Waals surface area contributed by atoms with Crippen molar-refractivity contribution in [3.05, 3.63) is 83.4 Å². The van der Waals surface area contributed by atoms with Crippen molar-refractivity contribution >= 4 is 28.7 Å². The predicted molar refractivity (Wildman–Crippen MR) is 133 cm³/mol. The zero-order chi connectivity index (χ0) is 23.4. The van der Waals surface area contributed by atoms with Crippen molar-refractivity contribution in [1.82, 2.24) is 15.0 Å². The lowest BCUT2D eigenvalue weighted by molar-refractivity contribution is -0.111. The summed E-state index contributed by atoms with van der Waals surface area (Å²) in [6, 6.07) is 19.6. The van der Waals surface area contributed by atoms with Gasteiger partial charge in [-0.05, 0) is 78.9 Å². The number of aryl methyl sites for hydroxylation is 1. The van der Waals surface area contributed by atoms with Crippen LogP contribution in [-0.4, -0.2) is 27.5 Å². The van der Waals surface area contributed by atoms with E-state index in [0.29, 0.717) is 23.7 Å². The van der Waals surface area contributed by atoms with E-state index in [2.05, 4.69) is 41.5 Å². The molecule has 0 aliphatic carbocycles. The van der Waals surface area contributed by atoms with E-state index >= 15 is 0 Å². The number of benzene rings is 3. The minimum absolute atomic E-state index is 0.190. The Morgan fingerprint density at radius 2 is 1.70 bits per heavy atom. The van der Waals surface area contributed by atoms with Gasteiger partial charge in [-0.3, -0.25) is 4.79 Å². The number of ether oxygens (including phenoxy) is 1. The van der Waals surface area contributed by atoms with Gasteiger partial charge in [0.25, 0.3) is 0 Å². The number of hydrogen-bond donors (Lipinski definition) is 1. The quantitative estimate of drug-likeness (QED) is 0.363. The van der Waals surface area contributed by atoms with Crippen molar-refractivity contribution in [2.45, 2.75) is 33.6 Å². The molecule has 0 saturated heterocycles. The topological polar surface area (TPSA) is 69.0 Å². The maximum atomic E-state index is 12.5. The Bertz CT molecular complexity index is 1290. The fourth-order valence-electron chi connectivity index (χ4n) is 3.50. The molecule has 0 spiro atoms. The molecule has 0 unspecified atom stereocenters. The Morgan fingerprint density at radius 3 is 2.33 bits per heavy atom. The summed E-state index contributed by atoms with van der Waals surface area (Å²) in [5, 5.41) is 12.1. The molecule has 3 aromatic carbocycles. The van der Waals surface area contributed by atoms with Crippen LogP contribution in [-0.2, 0) is 4.79 Å². The van der Waals surface area contributed by atoms with E-state index in [-0.39, 0.29) is 5.91 Å². The van der Waals surface area contributed by atoms with Crippen molar-refractivity contribution in [1.29, 1.82) is 0 Å². The van der Waals surface area contributed by atoms with Gasteiger partial charge in [0.05, 0.1) is 12.3 Å². The lowest BCUT2D eigenvalue weighted by atomic mass is 10.0. The summed E-state index contributed by atoms with van der Waals surface area (Å²) in [5.74, 6) is 1.10. The molecule has 0 saturated carbocycles. The predicted octanol–water partition coefficient (Wildman–Crippen LogP) is 5.90. The Kier molecular flexibility index (Phi) is 6.54. The summed E-state index contributed by atoms with van der Waals surface area (Å²) in [6.45, 7) is 8.84. The van der Waals surface area contributed by atoms with Gasteiger partial charge in [-0.2, -0.15) is 4.80 Å². The Balaban J connectivity index is 1.49. The average Bonchev–Trinajstić information content (AvgIpc) is 3.21. The summed E-state index contributed by atoms with van der Waals surface area (Å²) < 4.78 is 5.49. The molecule has 6 heteroatoms. The minimum Gasteiger partial charge on any atom is -0.494 e. The van der Waals surface area contributed by atoms with Crippen molar-refractivity contribution in [2.24, 2.45) is 0 Å². The van der Waals surface area contributed by atoms with Crippen LogP contribution in [0.5, 0.6) is 5.75 Å². The number of nitrogens with zero attached hydrogens (tertiary/aromatic N) is 3. The first-order valence-corrected chi connectivity index (χ1v) is 11.1. The third-order valence-electron chi connectivity index (χ3n) is 5.39. The van der Waals surface area contributed by atoms with E-state index in [1.807, 2.05) is 68.5 Å². The number of anilines is 1. The molecule has 1 heterocycles. The zero-order valence-corrected chi connectivity index (χ0v) is 19.4. The van der Waals surface area contributed by atoms with Gasteiger partial charge in [-0.15, -0.1) is 10.2 Å². The van der Waals surface area contributed by atoms with E-state index in [4.69, 9.17) is 4.74 Å². The van der Waals surface area contributed by atoms with Crippen LogP contribution < -0.4 is 10.1 Å². The molecule has 0 bridgehead atoms. The van der Waals surface area contributed by atoms with Crippen molar-refractivity contribution in [2.75, 3.05) is 11.9 Å². The lowest BCUT2D eigenvalue weighted by Gasteiger charge is -2.06. The first kappa shape index (κ1) is 22.3. The van der Waals surface area contributed by atoms with Crippen LogP contribution in [0.15, 0.2) is 66.7 Å². The van der Waals surface area contributed by atoms with E-state index in [9.17, 15) is 4.79 Å². The molecule has 4 rings (SSSR count). The minimum atomic E-state index is -0.190. The van der Waals surface area contributed by atoms with Crippen LogP contribution in [0.1, 0.15) is 43.4 Å². The van der Waals surface area contributed by atoms with Crippen molar-refractivity contribution < 1.29 is 9.53 Å². The summed E-state index contributed by atoms with van der Waals surface area (Å²) in [7, 11) is 0. The summed E-state index contributed by atoms with van der Waals surface area (Å²) in [5.41, 5.74) is 6.21. The maximum absolute atomic E-state index is 12.5. The van der Waals surface area contributed by atoms with Crippen LogP contribution in [0.3, 0.4) is 0 Å². The summed E-state index contributed by atoms with van der Waals surface area (Å²) in [4.78, 5) is 14.1. The smallest absolute Gasteiger partial charge is 0.248 e. The van der Waals surface area contributed by atoms with Crippen LogP contribution in [0.2, 0.25) is 0 Å². The summed E-state index contributed by atoms with van der Waals surface area (Å²) in [6.07, 6.45) is 3.36. The highest BCUT2D eigenvalue weighted by molar-refractivity contribution is 6.03. The van der Waals surface area contributed by atoms with Crippen molar-refractivity contribution in [3.63, 3.8) is 0 Å². The highest BCUT2D eigenvalue weighted by Gasteiger charge is 2.10. The number of fused-ring (bicyclic) bond motifs is 1. The van der Waals surface area contributed by atoms with Gasteiger partial charge in [-0.25, -0.2) is 0 Å². The normalized spacial score (nSPS) is 11.4.